The molecule has 0 radical (unpaired) electrons. The topological polar surface area (TPSA) is 43.8 Å². The highest BCUT2D eigenvalue weighted by Gasteiger charge is 2.15. The SMILES string of the molecule is CN(Cc1ccc(N2CCCCC2)cc1)C(=O)c1ccc(O)c(Cl)c1. The summed E-state index contributed by atoms with van der Waals surface area (Å²) in [5.74, 6) is -0.142. The van der Waals surface area contributed by atoms with Crippen LogP contribution < -0.4 is 4.90 Å². The van der Waals surface area contributed by atoms with E-state index >= 15 is 0 Å². The number of rotatable bonds is 4. The van der Waals surface area contributed by atoms with Crippen LogP contribution in [0.2, 0.25) is 5.02 Å². The minimum Gasteiger partial charge on any atom is -0.506 e. The fourth-order valence-electron chi connectivity index (χ4n) is 3.17. The lowest BCUT2D eigenvalue weighted by Crippen LogP contribution is -2.29. The molecular weight excluding hydrogens is 336 g/mol. The first-order valence-corrected chi connectivity index (χ1v) is 9.00. The molecule has 1 heterocycles. The second-order valence-corrected chi connectivity index (χ2v) is 6.95. The van der Waals surface area contributed by atoms with Crippen LogP contribution >= 0.6 is 11.6 Å². The van der Waals surface area contributed by atoms with Crippen molar-refractivity contribution in [2.24, 2.45) is 0 Å². The third-order valence-corrected chi connectivity index (χ3v) is 4.92. The summed E-state index contributed by atoms with van der Waals surface area (Å²) in [4.78, 5) is 16.6. The zero-order chi connectivity index (χ0) is 17.8. The molecular formula is C20H23ClN2O2. The Hall–Kier alpha value is -2.20. The maximum absolute atomic E-state index is 12.5. The fourth-order valence-corrected chi connectivity index (χ4v) is 3.35. The Bertz CT molecular complexity index is 740. The summed E-state index contributed by atoms with van der Waals surface area (Å²) in [5.41, 5.74) is 2.81. The Morgan fingerprint density at radius 1 is 1.12 bits per heavy atom. The predicted octanol–water partition coefficient (Wildman–Crippen LogP) is 4.31. The minimum atomic E-state index is -0.123. The van der Waals surface area contributed by atoms with Gasteiger partial charge in [-0.25, -0.2) is 0 Å². The summed E-state index contributed by atoms with van der Waals surface area (Å²) in [6, 6.07) is 13.0. The van der Waals surface area contributed by atoms with Crippen molar-refractivity contribution < 1.29 is 9.90 Å². The van der Waals surface area contributed by atoms with Gasteiger partial charge in [-0.2, -0.15) is 0 Å². The second-order valence-electron chi connectivity index (χ2n) is 6.54. The molecule has 132 valence electrons. The van der Waals surface area contributed by atoms with E-state index in [1.807, 2.05) is 0 Å². The molecule has 1 saturated heterocycles. The Labute approximate surface area is 153 Å². The normalized spacial score (nSPS) is 14.4. The molecule has 0 saturated carbocycles. The van der Waals surface area contributed by atoms with E-state index in [0.29, 0.717) is 12.1 Å². The van der Waals surface area contributed by atoms with Crippen molar-refractivity contribution in [3.05, 3.63) is 58.6 Å². The Morgan fingerprint density at radius 2 is 1.80 bits per heavy atom. The number of anilines is 1. The number of phenols is 1. The number of benzene rings is 2. The molecule has 1 N–H and O–H groups in total. The van der Waals surface area contributed by atoms with Gasteiger partial charge in [0.25, 0.3) is 5.91 Å². The molecule has 0 unspecified atom stereocenters. The summed E-state index contributed by atoms with van der Waals surface area (Å²) < 4.78 is 0. The summed E-state index contributed by atoms with van der Waals surface area (Å²) >= 11 is 5.89. The van der Waals surface area contributed by atoms with Gasteiger partial charge in [0.15, 0.2) is 0 Å². The summed E-state index contributed by atoms with van der Waals surface area (Å²) in [5, 5.41) is 9.66. The van der Waals surface area contributed by atoms with Gasteiger partial charge >= 0.3 is 0 Å². The third-order valence-electron chi connectivity index (χ3n) is 4.62. The molecule has 0 atom stereocenters. The van der Waals surface area contributed by atoms with Crippen LogP contribution in [0.3, 0.4) is 0 Å². The Kier molecular flexibility index (Phi) is 5.49. The van der Waals surface area contributed by atoms with Gasteiger partial charge in [-0.05, 0) is 55.2 Å². The predicted molar refractivity (Wildman–Crippen MR) is 101 cm³/mol. The maximum Gasteiger partial charge on any atom is 0.253 e. The molecule has 25 heavy (non-hydrogen) atoms. The van der Waals surface area contributed by atoms with Gasteiger partial charge in [0.2, 0.25) is 0 Å². The number of piperidine rings is 1. The standard InChI is InChI=1S/C20H23ClN2O2/c1-22(20(25)16-7-10-19(24)18(21)13-16)14-15-5-8-17(9-6-15)23-11-3-2-4-12-23/h5-10,13,24H,2-4,11-12,14H2,1H3. The van der Waals surface area contributed by atoms with Gasteiger partial charge in [-0.3, -0.25) is 4.79 Å². The molecule has 1 amide bonds. The molecule has 0 spiro atoms. The average molecular weight is 359 g/mol. The Balaban J connectivity index is 1.64. The smallest absolute Gasteiger partial charge is 0.253 e. The first-order valence-electron chi connectivity index (χ1n) is 8.62. The van der Waals surface area contributed by atoms with E-state index in [9.17, 15) is 9.90 Å². The van der Waals surface area contributed by atoms with Crippen LogP contribution in [0.5, 0.6) is 5.75 Å². The van der Waals surface area contributed by atoms with Crippen molar-refractivity contribution in [1.29, 1.82) is 0 Å². The molecule has 1 fully saturated rings. The van der Waals surface area contributed by atoms with E-state index in [-0.39, 0.29) is 16.7 Å². The van der Waals surface area contributed by atoms with E-state index in [2.05, 4.69) is 29.2 Å². The zero-order valence-electron chi connectivity index (χ0n) is 14.4. The monoisotopic (exact) mass is 358 g/mol. The largest absolute Gasteiger partial charge is 0.506 e. The second kappa shape index (κ2) is 7.79. The first kappa shape index (κ1) is 17.6. The van der Waals surface area contributed by atoms with E-state index in [1.54, 1.807) is 18.0 Å². The number of carbonyl (C=O) groups is 1. The summed E-state index contributed by atoms with van der Waals surface area (Å²) in [7, 11) is 1.77. The lowest BCUT2D eigenvalue weighted by molar-refractivity contribution is 0.0785. The summed E-state index contributed by atoms with van der Waals surface area (Å²) in [6.07, 6.45) is 3.84. The highest BCUT2D eigenvalue weighted by Crippen LogP contribution is 2.25. The molecule has 3 rings (SSSR count). The van der Waals surface area contributed by atoms with E-state index in [0.717, 1.165) is 18.7 Å². The molecule has 5 heteroatoms. The van der Waals surface area contributed by atoms with Gasteiger partial charge in [0.1, 0.15) is 5.75 Å². The number of nitrogens with zero attached hydrogens (tertiary/aromatic N) is 2. The van der Waals surface area contributed by atoms with Crippen LogP contribution in [0.1, 0.15) is 35.2 Å². The van der Waals surface area contributed by atoms with Crippen LogP contribution in [-0.4, -0.2) is 36.1 Å². The Morgan fingerprint density at radius 3 is 2.44 bits per heavy atom. The lowest BCUT2D eigenvalue weighted by atomic mass is 10.1. The van der Waals surface area contributed by atoms with Crippen molar-refractivity contribution >= 4 is 23.2 Å². The van der Waals surface area contributed by atoms with Gasteiger partial charge in [0, 0.05) is 37.9 Å². The molecule has 1 aliphatic heterocycles. The number of phenolic OH excluding ortho intramolecular Hbond substituents is 1. The van der Waals surface area contributed by atoms with Crippen molar-refractivity contribution in [2.75, 3.05) is 25.0 Å². The molecule has 4 nitrogen and oxygen atoms in total. The highest BCUT2D eigenvalue weighted by molar-refractivity contribution is 6.32. The van der Waals surface area contributed by atoms with Crippen molar-refractivity contribution in [1.82, 2.24) is 4.90 Å². The number of amides is 1. The van der Waals surface area contributed by atoms with Gasteiger partial charge in [0.05, 0.1) is 5.02 Å². The quantitative estimate of drug-likeness (QED) is 0.885. The number of hydrogen-bond donors (Lipinski definition) is 1. The van der Waals surface area contributed by atoms with Crippen molar-refractivity contribution in [2.45, 2.75) is 25.8 Å². The summed E-state index contributed by atoms with van der Waals surface area (Å²) in [6.45, 7) is 2.77. The lowest BCUT2D eigenvalue weighted by Gasteiger charge is -2.29. The van der Waals surface area contributed by atoms with Crippen molar-refractivity contribution in [3.63, 3.8) is 0 Å². The van der Waals surface area contributed by atoms with Crippen LogP contribution in [0.4, 0.5) is 5.69 Å². The zero-order valence-corrected chi connectivity index (χ0v) is 15.2. The number of carbonyl (C=O) groups excluding carboxylic acids is 1. The van der Waals surface area contributed by atoms with Gasteiger partial charge < -0.3 is 14.9 Å². The van der Waals surface area contributed by atoms with Crippen LogP contribution in [-0.2, 0) is 6.54 Å². The third kappa shape index (κ3) is 4.26. The fraction of sp³-hybridized carbons (Fsp3) is 0.350. The maximum atomic E-state index is 12.5. The molecule has 0 aliphatic carbocycles. The minimum absolute atomic E-state index is 0.0193. The number of hydrogen-bond acceptors (Lipinski definition) is 3. The molecule has 2 aromatic carbocycles. The van der Waals surface area contributed by atoms with E-state index in [4.69, 9.17) is 11.6 Å². The highest BCUT2D eigenvalue weighted by atomic mass is 35.5. The number of halogens is 1. The molecule has 0 bridgehead atoms. The van der Waals surface area contributed by atoms with E-state index in [1.165, 1.54) is 37.1 Å². The van der Waals surface area contributed by atoms with Gasteiger partial charge in [-0.1, -0.05) is 23.7 Å². The van der Waals surface area contributed by atoms with Crippen LogP contribution in [0, 0.1) is 0 Å². The molecule has 2 aromatic rings. The first-order chi connectivity index (χ1) is 12.0. The van der Waals surface area contributed by atoms with Crippen LogP contribution in [0.15, 0.2) is 42.5 Å². The van der Waals surface area contributed by atoms with E-state index < -0.39 is 0 Å². The number of aromatic hydroxyl groups is 1. The van der Waals surface area contributed by atoms with Gasteiger partial charge in [-0.15, -0.1) is 0 Å². The molecule has 0 aromatic heterocycles. The van der Waals surface area contributed by atoms with Crippen molar-refractivity contribution in [3.8, 4) is 5.75 Å². The average Bonchev–Trinajstić information content (AvgIpc) is 2.64. The molecule has 1 aliphatic rings. The van der Waals surface area contributed by atoms with Crippen LogP contribution in [0.25, 0.3) is 0 Å².